The molecule has 2 heterocycles. The van der Waals surface area contributed by atoms with E-state index in [0.717, 1.165) is 29.3 Å². The minimum Gasteiger partial charge on any atom is -0.490 e. The molecule has 6 nitrogen and oxygen atoms in total. The molecule has 1 amide bonds. The highest BCUT2D eigenvalue weighted by molar-refractivity contribution is 6.05. The second kappa shape index (κ2) is 8.28. The lowest BCUT2D eigenvalue weighted by molar-refractivity contribution is -0.119. The molecule has 166 valence electrons. The zero-order chi connectivity index (χ0) is 22.3. The predicted octanol–water partition coefficient (Wildman–Crippen LogP) is 3.96. The number of pyridine rings is 1. The molecule has 1 aliphatic carbocycles. The summed E-state index contributed by atoms with van der Waals surface area (Å²) < 4.78 is 45.2. The number of fused-ring (bicyclic) bond motifs is 1. The van der Waals surface area contributed by atoms with E-state index in [1.807, 2.05) is 31.9 Å². The fourth-order valence-electron chi connectivity index (χ4n) is 4.05. The van der Waals surface area contributed by atoms with Crippen LogP contribution in [0.25, 0.3) is 0 Å². The highest BCUT2D eigenvalue weighted by Crippen LogP contribution is 2.37. The van der Waals surface area contributed by atoms with Crippen molar-refractivity contribution < 1.29 is 22.7 Å². The maximum absolute atomic E-state index is 13.3. The Morgan fingerprint density at radius 1 is 1.16 bits per heavy atom. The molecule has 9 heteroatoms. The SMILES string of the molecule is CCN1C(=O)C(C)N(C)c2cc(NC[C@H]3C[C@H](Oc4cc(F)c(F)c(F)c4)C3)ncc21. The van der Waals surface area contributed by atoms with E-state index in [9.17, 15) is 18.0 Å². The second-order valence-corrected chi connectivity index (χ2v) is 8.09. The van der Waals surface area contributed by atoms with Gasteiger partial charge in [0.15, 0.2) is 17.5 Å². The van der Waals surface area contributed by atoms with Crippen molar-refractivity contribution >= 4 is 23.1 Å². The van der Waals surface area contributed by atoms with Crippen LogP contribution < -0.4 is 19.9 Å². The number of hydrogen-bond donors (Lipinski definition) is 1. The highest BCUT2D eigenvalue weighted by Gasteiger charge is 2.34. The van der Waals surface area contributed by atoms with Crippen LogP contribution in [-0.4, -0.2) is 43.2 Å². The number of likely N-dealkylation sites (N-methyl/N-ethyl adjacent to an activating group) is 2. The van der Waals surface area contributed by atoms with Crippen molar-refractivity contribution in [2.45, 2.75) is 38.8 Å². The van der Waals surface area contributed by atoms with Gasteiger partial charge in [0.05, 0.1) is 23.7 Å². The second-order valence-electron chi connectivity index (χ2n) is 8.09. The number of halogens is 3. The Morgan fingerprint density at radius 3 is 2.48 bits per heavy atom. The van der Waals surface area contributed by atoms with Gasteiger partial charge < -0.3 is 19.9 Å². The molecule has 1 aromatic heterocycles. The summed E-state index contributed by atoms with van der Waals surface area (Å²) in [5, 5.41) is 3.32. The van der Waals surface area contributed by atoms with E-state index >= 15 is 0 Å². The van der Waals surface area contributed by atoms with E-state index < -0.39 is 17.5 Å². The molecular weight excluding hydrogens is 409 g/mol. The van der Waals surface area contributed by atoms with Crippen LogP contribution in [0.4, 0.5) is 30.4 Å². The Morgan fingerprint density at radius 2 is 1.84 bits per heavy atom. The molecular formula is C22H25F3N4O2. The van der Waals surface area contributed by atoms with E-state index in [-0.39, 0.29) is 23.8 Å². The molecule has 1 aliphatic heterocycles. The highest BCUT2D eigenvalue weighted by atomic mass is 19.2. The monoisotopic (exact) mass is 434 g/mol. The van der Waals surface area contributed by atoms with E-state index in [4.69, 9.17) is 4.74 Å². The average molecular weight is 434 g/mol. The number of carbonyl (C=O) groups excluding carboxylic acids is 1. The van der Waals surface area contributed by atoms with Gasteiger partial charge in [-0.3, -0.25) is 4.79 Å². The topological polar surface area (TPSA) is 57.7 Å². The van der Waals surface area contributed by atoms with Gasteiger partial charge in [-0.25, -0.2) is 18.2 Å². The van der Waals surface area contributed by atoms with Gasteiger partial charge in [0.2, 0.25) is 5.91 Å². The minimum absolute atomic E-state index is 0.00338. The number of aromatic nitrogens is 1. The van der Waals surface area contributed by atoms with Crippen LogP contribution in [0.3, 0.4) is 0 Å². The third-order valence-corrected chi connectivity index (χ3v) is 6.08. The first-order valence-corrected chi connectivity index (χ1v) is 10.4. The fourth-order valence-corrected chi connectivity index (χ4v) is 4.05. The van der Waals surface area contributed by atoms with Crippen LogP contribution in [0.1, 0.15) is 26.7 Å². The Hall–Kier alpha value is -2.97. The van der Waals surface area contributed by atoms with Crippen LogP contribution in [0.2, 0.25) is 0 Å². The van der Waals surface area contributed by atoms with Crippen molar-refractivity contribution in [3.8, 4) is 5.75 Å². The van der Waals surface area contributed by atoms with E-state index in [0.29, 0.717) is 31.8 Å². The predicted molar refractivity (Wildman–Crippen MR) is 112 cm³/mol. The molecule has 0 bridgehead atoms. The Bertz CT molecular complexity index is 974. The summed E-state index contributed by atoms with van der Waals surface area (Å²) >= 11 is 0. The normalized spacial score (nSPS) is 22.8. The van der Waals surface area contributed by atoms with E-state index in [1.165, 1.54) is 0 Å². The smallest absolute Gasteiger partial charge is 0.249 e. The van der Waals surface area contributed by atoms with Gasteiger partial charge in [-0.15, -0.1) is 0 Å². The van der Waals surface area contributed by atoms with Gasteiger partial charge in [-0.2, -0.15) is 0 Å². The third kappa shape index (κ3) is 4.00. The molecule has 0 saturated heterocycles. The zero-order valence-corrected chi connectivity index (χ0v) is 17.7. The van der Waals surface area contributed by atoms with Crippen molar-refractivity contribution in [1.29, 1.82) is 0 Å². The lowest BCUT2D eigenvalue weighted by atomic mass is 9.82. The number of benzene rings is 1. The number of ether oxygens (including phenoxy) is 1. The molecule has 1 saturated carbocycles. The molecule has 0 spiro atoms. The molecule has 1 fully saturated rings. The lowest BCUT2D eigenvalue weighted by Crippen LogP contribution is -2.50. The number of nitrogens with zero attached hydrogens (tertiary/aromatic N) is 3. The summed E-state index contributed by atoms with van der Waals surface area (Å²) in [4.78, 5) is 20.6. The summed E-state index contributed by atoms with van der Waals surface area (Å²) in [6, 6.07) is 3.43. The summed E-state index contributed by atoms with van der Waals surface area (Å²) in [6.45, 7) is 5.09. The van der Waals surface area contributed by atoms with Gasteiger partial charge in [0, 0.05) is 38.3 Å². The Labute approximate surface area is 179 Å². The van der Waals surface area contributed by atoms with Crippen molar-refractivity contribution in [3.63, 3.8) is 0 Å². The maximum atomic E-state index is 13.3. The Kier molecular flexibility index (Phi) is 5.68. The molecule has 1 atom stereocenters. The quantitative estimate of drug-likeness (QED) is 0.698. The zero-order valence-electron chi connectivity index (χ0n) is 17.7. The third-order valence-electron chi connectivity index (χ3n) is 6.08. The van der Waals surface area contributed by atoms with Crippen LogP contribution in [0, 0.1) is 23.4 Å². The summed E-state index contributed by atoms with van der Waals surface area (Å²) in [7, 11) is 1.90. The van der Waals surface area contributed by atoms with Crippen LogP contribution in [-0.2, 0) is 4.79 Å². The van der Waals surface area contributed by atoms with Crippen molar-refractivity contribution in [3.05, 3.63) is 41.8 Å². The van der Waals surface area contributed by atoms with E-state index in [1.54, 1.807) is 11.1 Å². The molecule has 2 aromatic rings. The minimum atomic E-state index is -1.49. The van der Waals surface area contributed by atoms with Crippen molar-refractivity contribution in [1.82, 2.24) is 4.98 Å². The summed E-state index contributed by atoms with van der Waals surface area (Å²) in [5.74, 6) is -2.91. The molecule has 4 rings (SSSR count). The largest absolute Gasteiger partial charge is 0.490 e. The van der Waals surface area contributed by atoms with Gasteiger partial charge >= 0.3 is 0 Å². The number of nitrogens with one attached hydrogen (secondary N) is 1. The standard InChI is InChI=1S/C22H25F3N4O2/c1-4-29-19-11-27-20(9-18(19)28(3)12(2)22(29)30)26-10-13-5-14(6-13)31-15-7-16(23)21(25)17(24)8-15/h7-9,11-14H,4-6,10H2,1-3H3,(H,26,27)/t12?,13-,14-. The molecule has 2 aliphatic rings. The maximum Gasteiger partial charge on any atom is 0.249 e. The number of rotatable bonds is 6. The number of amides is 1. The first-order chi connectivity index (χ1) is 14.8. The van der Waals surface area contributed by atoms with E-state index in [2.05, 4.69) is 10.3 Å². The first kappa shape index (κ1) is 21.3. The van der Waals surface area contributed by atoms with Gasteiger partial charge in [-0.05, 0) is 32.6 Å². The van der Waals surface area contributed by atoms with Crippen molar-refractivity contribution in [2.24, 2.45) is 5.92 Å². The number of hydrogen-bond acceptors (Lipinski definition) is 5. The molecule has 1 unspecified atom stereocenters. The Balaban J connectivity index is 1.33. The van der Waals surface area contributed by atoms with Gasteiger partial charge in [0.1, 0.15) is 17.6 Å². The lowest BCUT2D eigenvalue weighted by Gasteiger charge is -2.39. The van der Waals surface area contributed by atoms with Gasteiger partial charge in [-0.1, -0.05) is 0 Å². The summed E-state index contributed by atoms with van der Waals surface area (Å²) in [6.07, 6.45) is 2.98. The first-order valence-electron chi connectivity index (χ1n) is 10.4. The van der Waals surface area contributed by atoms with Crippen LogP contribution >= 0.6 is 0 Å². The molecule has 1 aromatic carbocycles. The van der Waals surface area contributed by atoms with Crippen LogP contribution in [0.15, 0.2) is 24.4 Å². The van der Waals surface area contributed by atoms with Crippen molar-refractivity contribution in [2.75, 3.05) is 35.3 Å². The molecule has 1 N–H and O–H groups in total. The number of anilines is 3. The average Bonchev–Trinajstić information content (AvgIpc) is 2.72. The summed E-state index contributed by atoms with van der Waals surface area (Å²) in [5.41, 5.74) is 1.75. The van der Waals surface area contributed by atoms with Crippen LogP contribution in [0.5, 0.6) is 5.75 Å². The molecule has 0 radical (unpaired) electrons. The number of carbonyl (C=O) groups is 1. The molecule has 31 heavy (non-hydrogen) atoms. The fraction of sp³-hybridized carbons (Fsp3) is 0.455. The van der Waals surface area contributed by atoms with Gasteiger partial charge in [0.25, 0.3) is 0 Å².